The quantitative estimate of drug-likeness (QED) is 0.799. The Morgan fingerprint density at radius 1 is 1.22 bits per heavy atom. The highest BCUT2D eigenvalue weighted by molar-refractivity contribution is 5.78. The number of carbonyl (C=O) groups is 2. The molecule has 0 saturated carbocycles. The SMILES string of the molecule is Cn1nccc1CCC(=O)NCC1CCN(C(=O)Cc2cccnc2)CC1. The zero-order chi connectivity index (χ0) is 19.1. The molecule has 0 radical (unpaired) electrons. The van der Waals surface area contributed by atoms with E-state index in [0.29, 0.717) is 31.7 Å². The third-order valence-electron chi connectivity index (χ3n) is 5.16. The second-order valence-corrected chi connectivity index (χ2v) is 7.11. The average molecular weight is 369 g/mol. The fourth-order valence-corrected chi connectivity index (χ4v) is 3.41. The van der Waals surface area contributed by atoms with Crippen LogP contribution in [0.25, 0.3) is 0 Å². The van der Waals surface area contributed by atoms with Crippen LogP contribution in [0.15, 0.2) is 36.8 Å². The molecule has 3 heterocycles. The molecule has 2 aromatic heterocycles. The Hall–Kier alpha value is -2.70. The van der Waals surface area contributed by atoms with E-state index >= 15 is 0 Å². The summed E-state index contributed by atoms with van der Waals surface area (Å²) in [7, 11) is 1.89. The number of aryl methyl sites for hydroxylation is 2. The molecule has 27 heavy (non-hydrogen) atoms. The van der Waals surface area contributed by atoms with E-state index in [2.05, 4.69) is 15.4 Å². The van der Waals surface area contributed by atoms with Crippen molar-refractivity contribution in [3.05, 3.63) is 48.0 Å². The molecule has 7 heteroatoms. The van der Waals surface area contributed by atoms with Gasteiger partial charge in [0.2, 0.25) is 11.8 Å². The van der Waals surface area contributed by atoms with Gasteiger partial charge < -0.3 is 10.2 Å². The topological polar surface area (TPSA) is 80.1 Å². The second-order valence-electron chi connectivity index (χ2n) is 7.11. The van der Waals surface area contributed by atoms with Crippen LogP contribution in [0, 0.1) is 5.92 Å². The van der Waals surface area contributed by atoms with E-state index in [0.717, 1.165) is 37.2 Å². The minimum Gasteiger partial charge on any atom is -0.356 e. The number of pyridine rings is 1. The van der Waals surface area contributed by atoms with Crippen molar-refractivity contribution < 1.29 is 9.59 Å². The van der Waals surface area contributed by atoms with Crippen LogP contribution in [0.2, 0.25) is 0 Å². The number of nitrogens with zero attached hydrogens (tertiary/aromatic N) is 4. The van der Waals surface area contributed by atoms with E-state index in [4.69, 9.17) is 0 Å². The molecule has 1 saturated heterocycles. The lowest BCUT2D eigenvalue weighted by molar-refractivity contribution is -0.132. The van der Waals surface area contributed by atoms with E-state index in [-0.39, 0.29) is 11.8 Å². The maximum absolute atomic E-state index is 12.4. The first-order valence-corrected chi connectivity index (χ1v) is 9.52. The lowest BCUT2D eigenvalue weighted by Crippen LogP contribution is -2.42. The number of nitrogens with one attached hydrogen (secondary N) is 1. The zero-order valence-corrected chi connectivity index (χ0v) is 15.8. The minimum atomic E-state index is 0.0753. The van der Waals surface area contributed by atoms with E-state index < -0.39 is 0 Å². The number of piperidine rings is 1. The highest BCUT2D eigenvalue weighted by Gasteiger charge is 2.23. The fourth-order valence-electron chi connectivity index (χ4n) is 3.41. The summed E-state index contributed by atoms with van der Waals surface area (Å²) < 4.78 is 1.80. The lowest BCUT2D eigenvalue weighted by Gasteiger charge is -2.32. The number of rotatable bonds is 7. The number of hydrogen-bond donors (Lipinski definition) is 1. The van der Waals surface area contributed by atoms with Crippen LogP contribution in [0.4, 0.5) is 0 Å². The van der Waals surface area contributed by atoms with Crippen molar-refractivity contribution >= 4 is 11.8 Å². The molecular formula is C20H27N5O2. The first kappa shape index (κ1) is 19.1. The summed E-state index contributed by atoms with van der Waals surface area (Å²) in [5.74, 6) is 0.668. The van der Waals surface area contributed by atoms with Gasteiger partial charge in [-0.1, -0.05) is 6.07 Å². The average Bonchev–Trinajstić information content (AvgIpc) is 3.10. The Morgan fingerprint density at radius 3 is 2.70 bits per heavy atom. The Labute approximate surface area is 159 Å². The summed E-state index contributed by atoms with van der Waals surface area (Å²) in [4.78, 5) is 30.4. The van der Waals surface area contributed by atoms with Gasteiger partial charge in [0.05, 0.1) is 6.42 Å². The summed E-state index contributed by atoms with van der Waals surface area (Å²) in [5.41, 5.74) is 2.01. The van der Waals surface area contributed by atoms with Gasteiger partial charge in [-0.15, -0.1) is 0 Å². The van der Waals surface area contributed by atoms with Crippen molar-refractivity contribution in [2.24, 2.45) is 13.0 Å². The number of carbonyl (C=O) groups excluding carboxylic acids is 2. The van der Waals surface area contributed by atoms with Crippen molar-refractivity contribution in [1.82, 2.24) is 25.0 Å². The molecule has 1 fully saturated rings. The molecule has 144 valence electrons. The molecule has 0 atom stereocenters. The zero-order valence-electron chi connectivity index (χ0n) is 15.8. The molecule has 1 aliphatic rings. The number of hydrogen-bond acceptors (Lipinski definition) is 4. The van der Waals surface area contributed by atoms with Crippen LogP contribution >= 0.6 is 0 Å². The predicted molar refractivity (Wildman–Crippen MR) is 102 cm³/mol. The van der Waals surface area contributed by atoms with E-state index in [9.17, 15) is 9.59 Å². The number of aromatic nitrogens is 3. The normalized spacial score (nSPS) is 14.9. The van der Waals surface area contributed by atoms with Crippen molar-refractivity contribution in [1.29, 1.82) is 0 Å². The Kier molecular flexibility index (Phi) is 6.57. The third-order valence-corrected chi connectivity index (χ3v) is 5.16. The molecule has 0 aromatic carbocycles. The van der Waals surface area contributed by atoms with Gasteiger partial charge in [-0.05, 0) is 42.9 Å². The first-order chi connectivity index (χ1) is 13.1. The van der Waals surface area contributed by atoms with Crippen LogP contribution in [0.1, 0.15) is 30.5 Å². The van der Waals surface area contributed by atoms with Gasteiger partial charge in [-0.3, -0.25) is 19.3 Å². The molecule has 2 amide bonds. The fraction of sp³-hybridized carbons (Fsp3) is 0.500. The maximum atomic E-state index is 12.4. The molecule has 3 rings (SSSR count). The van der Waals surface area contributed by atoms with E-state index in [1.165, 1.54) is 0 Å². The Morgan fingerprint density at radius 2 is 2.04 bits per heavy atom. The van der Waals surface area contributed by atoms with Crippen LogP contribution in [0.3, 0.4) is 0 Å². The van der Waals surface area contributed by atoms with Gasteiger partial charge in [-0.2, -0.15) is 5.10 Å². The predicted octanol–water partition coefficient (Wildman–Crippen LogP) is 1.35. The summed E-state index contributed by atoms with van der Waals surface area (Å²) in [6.07, 6.45) is 8.64. The Bertz CT molecular complexity index is 751. The second kappa shape index (κ2) is 9.30. The molecule has 1 N–H and O–H groups in total. The molecule has 7 nitrogen and oxygen atoms in total. The minimum absolute atomic E-state index is 0.0753. The molecule has 0 unspecified atom stereocenters. The van der Waals surface area contributed by atoms with Crippen molar-refractivity contribution in [3.8, 4) is 0 Å². The summed E-state index contributed by atoms with van der Waals surface area (Å²) in [6.45, 7) is 2.21. The van der Waals surface area contributed by atoms with Gasteiger partial charge in [0.25, 0.3) is 0 Å². The maximum Gasteiger partial charge on any atom is 0.227 e. The van der Waals surface area contributed by atoms with Gasteiger partial charge in [0, 0.05) is 57.4 Å². The van der Waals surface area contributed by atoms with Crippen molar-refractivity contribution in [2.75, 3.05) is 19.6 Å². The van der Waals surface area contributed by atoms with Crippen molar-refractivity contribution in [2.45, 2.75) is 32.1 Å². The smallest absolute Gasteiger partial charge is 0.227 e. The largest absolute Gasteiger partial charge is 0.356 e. The van der Waals surface area contributed by atoms with Crippen LogP contribution in [-0.4, -0.2) is 51.1 Å². The lowest BCUT2D eigenvalue weighted by atomic mass is 9.96. The number of amides is 2. The Balaban J connectivity index is 1.34. The van der Waals surface area contributed by atoms with Gasteiger partial charge in [0.1, 0.15) is 0 Å². The standard InChI is InChI=1S/C20H27N5O2/c1-24-18(6-10-23-24)4-5-19(26)22-15-16-7-11-25(12-8-16)20(27)13-17-3-2-9-21-14-17/h2-3,6,9-10,14,16H,4-5,7-8,11-13,15H2,1H3,(H,22,26). The van der Waals surface area contributed by atoms with E-state index in [1.54, 1.807) is 23.3 Å². The van der Waals surface area contributed by atoms with Crippen LogP contribution in [0.5, 0.6) is 0 Å². The monoisotopic (exact) mass is 369 g/mol. The summed E-state index contributed by atoms with van der Waals surface area (Å²) in [6, 6.07) is 5.72. The summed E-state index contributed by atoms with van der Waals surface area (Å²) >= 11 is 0. The third kappa shape index (κ3) is 5.64. The highest BCUT2D eigenvalue weighted by Crippen LogP contribution is 2.17. The molecule has 0 aliphatic carbocycles. The highest BCUT2D eigenvalue weighted by atomic mass is 16.2. The molecule has 2 aromatic rings. The molecule has 1 aliphatic heterocycles. The first-order valence-electron chi connectivity index (χ1n) is 9.52. The van der Waals surface area contributed by atoms with Crippen LogP contribution < -0.4 is 5.32 Å². The molecular weight excluding hydrogens is 342 g/mol. The molecule has 0 spiro atoms. The summed E-state index contributed by atoms with van der Waals surface area (Å²) in [5, 5.41) is 7.15. The van der Waals surface area contributed by atoms with Crippen molar-refractivity contribution in [3.63, 3.8) is 0 Å². The van der Waals surface area contributed by atoms with Crippen LogP contribution in [-0.2, 0) is 29.5 Å². The number of likely N-dealkylation sites (tertiary alicyclic amines) is 1. The van der Waals surface area contributed by atoms with Gasteiger partial charge in [0.15, 0.2) is 0 Å². The van der Waals surface area contributed by atoms with Gasteiger partial charge in [-0.25, -0.2) is 0 Å². The van der Waals surface area contributed by atoms with E-state index in [1.807, 2.05) is 30.1 Å². The van der Waals surface area contributed by atoms with Gasteiger partial charge >= 0.3 is 0 Å². The molecule has 0 bridgehead atoms.